The average molecular weight is 640 g/mol. The van der Waals surface area contributed by atoms with Gasteiger partial charge in [0.1, 0.15) is 6.04 Å². The standard InChI is InChI=1S/C34H36F3N3O6/c1-21(2)30-33(44)40(39(22(3)41)26(31(42)34(35,36)37)18-23-12-8-6-9-13-23)27(25-16-17-28(45-4)29(19-25)46-5)20-38(30)32(43)24-14-10-7-11-15-24/h6-17,19-21,26,30-31,42H,18H2,1-5H3. The zero-order valence-electron chi connectivity index (χ0n) is 26.1. The molecule has 3 amide bonds. The van der Waals surface area contributed by atoms with Crippen molar-refractivity contribution in [3.05, 3.63) is 102 Å². The molecule has 12 heteroatoms. The minimum atomic E-state index is -5.15. The largest absolute Gasteiger partial charge is 0.493 e. The third kappa shape index (κ3) is 7.02. The van der Waals surface area contributed by atoms with Crippen molar-refractivity contribution in [1.82, 2.24) is 14.9 Å². The van der Waals surface area contributed by atoms with Gasteiger partial charge in [-0.15, -0.1) is 0 Å². The van der Waals surface area contributed by atoms with Crippen LogP contribution < -0.4 is 9.47 Å². The molecule has 244 valence electrons. The number of carbonyl (C=O) groups excluding carboxylic acids is 3. The zero-order chi connectivity index (χ0) is 33.8. The topological polar surface area (TPSA) is 99.6 Å². The zero-order valence-corrected chi connectivity index (χ0v) is 26.1. The van der Waals surface area contributed by atoms with E-state index in [1.807, 2.05) is 0 Å². The lowest BCUT2D eigenvalue weighted by molar-refractivity contribution is -0.232. The van der Waals surface area contributed by atoms with Gasteiger partial charge in [0.25, 0.3) is 11.8 Å². The molecule has 1 heterocycles. The van der Waals surface area contributed by atoms with Crippen molar-refractivity contribution in [2.24, 2.45) is 5.92 Å². The normalized spacial score (nSPS) is 16.5. The first-order chi connectivity index (χ1) is 21.8. The van der Waals surface area contributed by atoms with Gasteiger partial charge in [0.2, 0.25) is 5.91 Å². The van der Waals surface area contributed by atoms with Crippen LogP contribution in [0.2, 0.25) is 0 Å². The number of halogens is 3. The summed E-state index contributed by atoms with van der Waals surface area (Å²) in [5.74, 6) is -2.29. The fraction of sp³-hybridized carbons (Fsp3) is 0.324. The van der Waals surface area contributed by atoms with E-state index in [2.05, 4.69) is 0 Å². The first kappa shape index (κ1) is 34.0. The maximum absolute atomic E-state index is 14.6. The number of benzene rings is 3. The molecule has 0 aromatic heterocycles. The van der Waals surface area contributed by atoms with Crippen LogP contribution in [0.1, 0.15) is 42.3 Å². The highest BCUT2D eigenvalue weighted by Gasteiger charge is 2.51. The fourth-order valence-electron chi connectivity index (χ4n) is 5.49. The highest BCUT2D eigenvalue weighted by Crippen LogP contribution is 2.38. The lowest BCUT2D eigenvalue weighted by Gasteiger charge is -2.48. The third-order valence-electron chi connectivity index (χ3n) is 7.66. The first-order valence-corrected chi connectivity index (χ1v) is 14.5. The summed E-state index contributed by atoms with van der Waals surface area (Å²) in [5.41, 5.74) is 0.805. The molecule has 0 spiro atoms. The maximum atomic E-state index is 14.6. The van der Waals surface area contributed by atoms with Crippen LogP contribution in [0.15, 0.2) is 85.1 Å². The van der Waals surface area contributed by atoms with Crippen molar-refractivity contribution < 1.29 is 42.1 Å². The Morgan fingerprint density at radius 3 is 2.04 bits per heavy atom. The van der Waals surface area contributed by atoms with E-state index in [0.717, 1.165) is 11.9 Å². The van der Waals surface area contributed by atoms with Crippen LogP contribution in [0.3, 0.4) is 0 Å². The highest BCUT2D eigenvalue weighted by atomic mass is 19.4. The van der Waals surface area contributed by atoms with Crippen molar-refractivity contribution in [1.29, 1.82) is 0 Å². The molecule has 3 atom stereocenters. The second-order valence-electron chi connectivity index (χ2n) is 11.1. The van der Waals surface area contributed by atoms with Gasteiger partial charge in [0, 0.05) is 24.3 Å². The summed E-state index contributed by atoms with van der Waals surface area (Å²) in [4.78, 5) is 43.2. The molecule has 3 aromatic rings. The lowest BCUT2D eigenvalue weighted by Crippen LogP contribution is -2.65. The Labute approximate surface area is 265 Å². The van der Waals surface area contributed by atoms with Gasteiger partial charge in [-0.25, -0.2) is 10.0 Å². The van der Waals surface area contributed by atoms with Gasteiger partial charge < -0.3 is 14.6 Å². The van der Waals surface area contributed by atoms with Gasteiger partial charge >= 0.3 is 6.18 Å². The van der Waals surface area contributed by atoms with E-state index < -0.39 is 54.4 Å². The molecule has 9 nitrogen and oxygen atoms in total. The number of methoxy groups -OCH3 is 2. The summed E-state index contributed by atoms with van der Waals surface area (Å²) < 4.78 is 53.6. The lowest BCUT2D eigenvalue weighted by atomic mass is 9.95. The predicted molar refractivity (Wildman–Crippen MR) is 164 cm³/mol. The number of amides is 3. The second kappa shape index (κ2) is 14.1. The molecule has 0 bridgehead atoms. The Bertz CT molecular complexity index is 1580. The molecular weight excluding hydrogens is 603 g/mol. The molecule has 46 heavy (non-hydrogen) atoms. The average Bonchev–Trinajstić information content (AvgIpc) is 3.03. The van der Waals surface area contributed by atoms with Gasteiger partial charge in [0.05, 0.1) is 26.0 Å². The van der Waals surface area contributed by atoms with Crippen molar-refractivity contribution in [2.75, 3.05) is 14.2 Å². The van der Waals surface area contributed by atoms with E-state index in [4.69, 9.17) is 9.47 Å². The number of alkyl halides is 3. The molecule has 1 aliphatic heterocycles. The summed E-state index contributed by atoms with van der Waals surface area (Å²) in [5, 5.41) is 12.2. The van der Waals surface area contributed by atoms with Crippen LogP contribution in [0.4, 0.5) is 13.2 Å². The van der Waals surface area contributed by atoms with E-state index in [0.29, 0.717) is 16.3 Å². The smallest absolute Gasteiger partial charge is 0.416 e. The van der Waals surface area contributed by atoms with E-state index in [-0.39, 0.29) is 22.6 Å². The van der Waals surface area contributed by atoms with E-state index in [1.165, 1.54) is 43.5 Å². The van der Waals surface area contributed by atoms with Crippen LogP contribution in [0, 0.1) is 5.92 Å². The number of carbonyl (C=O) groups is 3. The van der Waals surface area contributed by atoms with Crippen LogP contribution in [-0.2, 0) is 16.0 Å². The molecule has 4 rings (SSSR count). The van der Waals surface area contributed by atoms with Crippen molar-refractivity contribution >= 4 is 23.4 Å². The summed E-state index contributed by atoms with van der Waals surface area (Å²) in [6.45, 7) is 4.39. The van der Waals surface area contributed by atoms with Crippen molar-refractivity contribution in [3.63, 3.8) is 0 Å². The highest BCUT2D eigenvalue weighted by molar-refractivity contribution is 6.03. The summed E-state index contributed by atoms with van der Waals surface area (Å²) in [6.07, 6.45) is -7.27. The Morgan fingerprint density at radius 2 is 1.52 bits per heavy atom. The molecule has 3 unspecified atom stereocenters. The Balaban J connectivity index is 2.00. The van der Waals surface area contributed by atoms with Gasteiger partial charge in [0.15, 0.2) is 17.6 Å². The molecule has 0 saturated carbocycles. The van der Waals surface area contributed by atoms with Gasteiger partial charge in [-0.3, -0.25) is 19.3 Å². The molecular formula is C34H36F3N3O6. The maximum Gasteiger partial charge on any atom is 0.416 e. The molecule has 1 aliphatic rings. The number of rotatable bonds is 10. The number of ether oxygens (including phenoxy) is 2. The third-order valence-corrected chi connectivity index (χ3v) is 7.66. The number of hydrogen-bond acceptors (Lipinski definition) is 6. The minimum Gasteiger partial charge on any atom is -0.493 e. The number of aliphatic hydroxyl groups is 1. The molecule has 0 saturated heterocycles. The van der Waals surface area contributed by atoms with Gasteiger partial charge in [-0.1, -0.05) is 62.4 Å². The quantitative estimate of drug-likeness (QED) is 0.323. The van der Waals surface area contributed by atoms with E-state index in [9.17, 15) is 32.7 Å². The monoisotopic (exact) mass is 639 g/mol. The SMILES string of the molecule is COc1ccc(C2=CN(C(=O)c3ccccc3)C(C(C)C)C(=O)N2N(C(C)=O)C(Cc2ccccc2)C(O)C(F)(F)F)cc1OC. The van der Waals surface area contributed by atoms with Crippen LogP contribution >= 0.6 is 0 Å². The molecule has 3 aromatic carbocycles. The molecule has 0 radical (unpaired) electrons. The number of hydrogen-bond donors (Lipinski definition) is 1. The number of aliphatic hydroxyl groups excluding tert-OH is 1. The fourth-order valence-corrected chi connectivity index (χ4v) is 5.49. The van der Waals surface area contributed by atoms with Crippen LogP contribution in [-0.4, -0.2) is 76.3 Å². The summed E-state index contributed by atoms with van der Waals surface area (Å²) >= 11 is 0. The second-order valence-corrected chi connectivity index (χ2v) is 11.1. The minimum absolute atomic E-state index is 0.0882. The van der Waals surface area contributed by atoms with Gasteiger partial charge in [-0.05, 0) is 48.2 Å². The Morgan fingerprint density at radius 1 is 0.935 bits per heavy atom. The van der Waals surface area contributed by atoms with Crippen molar-refractivity contribution in [3.8, 4) is 11.5 Å². The van der Waals surface area contributed by atoms with E-state index in [1.54, 1.807) is 74.5 Å². The Kier molecular flexibility index (Phi) is 10.4. The van der Waals surface area contributed by atoms with Crippen molar-refractivity contribution in [2.45, 2.75) is 51.6 Å². The van der Waals surface area contributed by atoms with Gasteiger partial charge in [-0.2, -0.15) is 13.2 Å². The number of nitrogens with zero attached hydrogens (tertiary/aromatic N) is 3. The number of hydrazine groups is 1. The van der Waals surface area contributed by atoms with Crippen LogP contribution in [0.5, 0.6) is 11.5 Å². The molecule has 0 fully saturated rings. The summed E-state index contributed by atoms with van der Waals surface area (Å²) in [7, 11) is 2.81. The first-order valence-electron chi connectivity index (χ1n) is 14.5. The predicted octanol–water partition coefficient (Wildman–Crippen LogP) is 5.31. The summed E-state index contributed by atoms with van der Waals surface area (Å²) in [6, 6.07) is 17.6. The molecule has 1 N–H and O–H groups in total. The van der Waals surface area contributed by atoms with Crippen LogP contribution in [0.25, 0.3) is 5.70 Å². The molecule has 0 aliphatic carbocycles. The van der Waals surface area contributed by atoms with E-state index >= 15 is 0 Å². The Hall–Kier alpha value is -4.84.